The normalized spacial score (nSPS) is 12.5. The van der Waals surface area contributed by atoms with Gasteiger partial charge in [0.1, 0.15) is 11.6 Å². The lowest BCUT2D eigenvalue weighted by Gasteiger charge is -2.19. The van der Waals surface area contributed by atoms with Gasteiger partial charge in [-0.25, -0.2) is 17.8 Å². The maximum Gasteiger partial charge on any atom is 0.243 e. The Morgan fingerprint density at radius 1 is 1.03 bits per heavy atom. The molecule has 0 fully saturated rings. The number of ether oxygens (including phenoxy) is 1. The van der Waals surface area contributed by atoms with Crippen LogP contribution in [0.15, 0.2) is 65.7 Å². The van der Waals surface area contributed by atoms with E-state index in [2.05, 4.69) is 15.3 Å². The molecule has 0 saturated carbocycles. The second-order valence-corrected chi connectivity index (χ2v) is 8.74. The standard InChI is InChI=1S/C22H25FN4O3S/c1-4-27(5-2)31(28,29)20-12-6-17(7-13-20)16(3)25-22-24-15-14-21(26-22)30-19-10-8-18(23)9-11-19/h6-16H,4-5H2,1-3H3,(H,24,25,26). The third-order valence-corrected chi connectivity index (χ3v) is 6.80. The number of halogens is 1. The molecule has 1 unspecified atom stereocenters. The van der Waals surface area contributed by atoms with E-state index in [4.69, 9.17) is 4.74 Å². The molecule has 1 N–H and O–H groups in total. The third kappa shape index (κ3) is 5.56. The minimum absolute atomic E-state index is 0.175. The highest BCUT2D eigenvalue weighted by molar-refractivity contribution is 7.89. The Labute approximate surface area is 182 Å². The molecule has 3 rings (SSSR count). The van der Waals surface area contributed by atoms with Crippen molar-refractivity contribution in [1.82, 2.24) is 14.3 Å². The predicted molar refractivity (Wildman–Crippen MR) is 117 cm³/mol. The van der Waals surface area contributed by atoms with Gasteiger partial charge in [0.15, 0.2) is 0 Å². The van der Waals surface area contributed by atoms with Crippen molar-refractivity contribution in [3.8, 4) is 11.6 Å². The zero-order valence-corrected chi connectivity index (χ0v) is 18.4. The zero-order chi connectivity index (χ0) is 22.4. The summed E-state index contributed by atoms with van der Waals surface area (Å²) in [5, 5.41) is 3.17. The maximum atomic E-state index is 13.0. The fourth-order valence-electron chi connectivity index (χ4n) is 3.01. The average Bonchev–Trinajstić information content (AvgIpc) is 2.76. The molecule has 3 aromatic rings. The molecular formula is C22H25FN4O3S. The van der Waals surface area contributed by atoms with Gasteiger partial charge in [0, 0.05) is 25.4 Å². The van der Waals surface area contributed by atoms with E-state index in [1.165, 1.54) is 28.6 Å². The van der Waals surface area contributed by atoms with E-state index >= 15 is 0 Å². The summed E-state index contributed by atoms with van der Waals surface area (Å²) in [4.78, 5) is 8.78. The Hall–Kier alpha value is -3.04. The smallest absolute Gasteiger partial charge is 0.243 e. The molecule has 0 amide bonds. The number of nitrogens with zero attached hydrogens (tertiary/aromatic N) is 3. The van der Waals surface area contributed by atoms with E-state index in [0.29, 0.717) is 30.7 Å². The maximum absolute atomic E-state index is 13.0. The predicted octanol–water partition coefficient (Wildman–Crippen LogP) is 4.61. The lowest BCUT2D eigenvalue weighted by Crippen LogP contribution is -2.30. The van der Waals surface area contributed by atoms with Crippen LogP contribution in [0.2, 0.25) is 0 Å². The van der Waals surface area contributed by atoms with Crippen molar-refractivity contribution in [2.24, 2.45) is 0 Å². The molecule has 0 aliphatic heterocycles. The summed E-state index contributed by atoms with van der Waals surface area (Å²) in [7, 11) is -3.49. The highest BCUT2D eigenvalue weighted by Gasteiger charge is 2.21. The summed E-state index contributed by atoms with van der Waals surface area (Å²) in [6.45, 7) is 6.40. The lowest BCUT2D eigenvalue weighted by atomic mass is 10.1. The minimum atomic E-state index is -3.49. The van der Waals surface area contributed by atoms with Crippen molar-refractivity contribution < 1.29 is 17.5 Å². The topological polar surface area (TPSA) is 84.4 Å². The van der Waals surface area contributed by atoms with Crippen LogP contribution in [0.4, 0.5) is 10.3 Å². The van der Waals surface area contributed by atoms with E-state index in [0.717, 1.165) is 5.56 Å². The van der Waals surface area contributed by atoms with Crippen molar-refractivity contribution in [3.63, 3.8) is 0 Å². The number of anilines is 1. The molecule has 7 nitrogen and oxygen atoms in total. The number of aromatic nitrogens is 2. The molecule has 1 heterocycles. The van der Waals surface area contributed by atoms with Crippen LogP contribution in [0.1, 0.15) is 32.4 Å². The van der Waals surface area contributed by atoms with Crippen LogP contribution in [-0.4, -0.2) is 35.8 Å². The van der Waals surface area contributed by atoms with Crippen molar-refractivity contribution in [2.75, 3.05) is 18.4 Å². The first-order valence-electron chi connectivity index (χ1n) is 9.96. The molecular weight excluding hydrogens is 419 g/mol. The SMILES string of the molecule is CCN(CC)S(=O)(=O)c1ccc(C(C)Nc2nccc(Oc3ccc(F)cc3)n2)cc1. The average molecular weight is 445 g/mol. The van der Waals surface area contributed by atoms with E-state index in [9.17, 15) is 12.8 Å². The molecule has 0 bridgehead atoms. The molecule has 0 spiro atoms. The Bertz CT molecular complexity index is 1100. The number of hydrogen-bond donors (Lipinski definition) is 1. The highest BCUT2D eigenvalue weighted by Crippen LogP contribution is 2.23. The van der Waals surface area contributed by atoms with Gasteiger partial charge in [0.2, 0.25) is 21.9 Å². The first-order valence-corrected chi connectivity index (χ1v) is 11.4. The van der Waals surface area contributed by atoms with Crippen LogP contribution in [0.5, 0.6) is 11.6 Å². The van der Waals surface area contributed by atoms with Gasteiger partial charge in [-0.05, 0) is 48.9 Å². The van der Waals surface area contributed by atoms with Crippen LogP contribution >= 0.6 is 0 Å². The summed E-state index contributed by atoms with van der Waals surface area (Å²) < 4.78 is 45.3. The van der Waals surface area contributed by atoms with Crippen molar-refractivity contribution in [1.29, 1.82) is 0 Å². The van der Waals surface area contributed by atoms with Crippen LogP contribution in [-0.2, 0) is 10.0 Å². The Balaban J connectivity index is 1.70. The molecule has 31 heavy (non-hydrogen) atoms. The molecule has 1 atom stereocenters. The van der Waals surface area contributed by atoms with Crippen LogP contribution in [0, 0.1) is 5.82 Å². The highest BCUT2D eigenvalue weighted by atomic mass is 32.2. The van der Waals surface area contributed by atoms with E-state index in [-0.39, 0.29) is 16.8 Å². The minimum Gasteiger partial charge on any atom is -0.439 e. The number of benzene rings is 2. The van der Waals surface area contributed by atoms with Gasteiger partial charge in [0.25, 0.3) is 0 Å². The number of nitrogens with one attached hydrogen (secondary N) is 1. The first-order chi connectivity index (χ1) is 14.8. The summed E-state index contributed by atoms with van der Waals surface area (Å²) in [5.74, 6) is 0.787. The molecule has 164 valence electrons. The summed E-state index contributed by atoms with van der Waals surface area (Å²) in [5.41, 5.74) is 0.881. The van der Waals surface area contributed by atoms with E-state index in [1.807, 2.05) is 20.8 Å². The van der Waals surface area contributed by atoms with Crippen LogP contribution in [0.3, 0.4) is 0 Å². The van der Waals surface area contributed by atoms with Gasteiger partial charge < -0.3 is 10.1 Å². The Morgan fingerprint density at radius 2 is 1.68 bits per heavy atom. The zero-order valence-electron chi connectivity index (χ0n) is 17.6. The number of sulfonamides is 1. The van der Waals surface area contributed by atoms with Crippen molar-refractivity contribution in [2.45, 2.75) is 31.7 Å². The second-order valence-electron chi connectivity index (χ2n) is 6.80. The van der Waals surface area contributed by atoms with Gasteiger partial charge in [0.05, 0.1) is 10.9 Å². The molecule has 0 radical (unpaired) electrons. The van der Waals surface area contributed by atoms with Crippen LogP contribution in [0.25, 0.3) is 0 Å². The van der Waals surface area contributed by atoms with Crippen molar-refractivity contribution >= 4 is 16.0 Å². The van der Waals surface area contributed by atoms with Gasteiger partial charge in [-0.3, -0.25) is 0 Å². The van der Waals surface area contributed by atoms with Crippen molar-refractivity contribution in [3.05, 3.63) is 72.2 Å². The Morgan fingerprint density at radius 3 is 2.29 bits per heavy atom. The number of hydrogen-bond acceptors (Lipinski definition) is 6. The number of rotatable bonds is 9. The first kappa shape index (κ1) is 22.6. The van der Waals surface area contributed by atoms with Gasteiger partial charge >= 0.3 is 0 Å². The lowest BCUT2D eigenvalue weighted by molar-refractivity contribution is 0.445. The fraction of sp³-hybridized carbons (Fsp3) is 0.273. The molecule has 2 aromatic carbocycles. The second kappa shape index (κ2) is 9.84. The van der Waals surface area contributed by atoms with E-state index in [1.54, 1.807) is 36.5 Å². The van der Waals surface area contributed by atoms with E-state index < -0.39 is 10.0 Å². The quantitative estimate of drug-likeness (QED) is 0.519. The Kier molecular flexibility index (Phi) is 7.19. The molecule has 1 aromatic heterocycles. The largest absolute Gasteiger partial charge is 0.439 e. The van der Waals surface area contributed by atoms with Gasteiger partial charge in [-0.1, -0.05) is 26.0 Å². The fourth-order valence-corrected chi connectivity index (χ4v) is 4.47. The molecule has 0 aliphatic rings. The monoisotopic (exact) mass is 444 g/mol. The third-order valence-electron chi connectivity index (χ3n) is 4.73. The summed E-state index contributed by atoms with van der Waals surface area (Å²) >= 11 is 0. The molecule has 0 aliphatic carbocycles. The van der Waals surface area contributed by atoms with Gasteiger partial charge in [-0.2, -0.15) is 9.29 Å². The van der Waals surface area contributed by atoms with Gasteiger partial charge in [-0.15, -0.1) is 0 Å². The van der Waals surface area contributed by atoms with Crippen LogP contribution < -0.4 is 10.1 Å². The molecule has 9 heteroatoms. The molecule has 0 saturated heterocycles. The summed E-state index contributed by atoms with van der Waals surface area (Å²) in [6, 6.07) is 13.8. The summed E-state index contributed by atoms with van der Waals surface area (Å²) in [6.07, 6.45) is 1.56.